The number of rotatable bonds is 2. The third kappa shape index (κ3) is 2.42. The molecule has 0 spiro atoms. The van der Waals surface area contributed by atoms with Gasteiger partial charge in [-0.1, -0.05) is 30.3 Å². The fourth-order valence-electron chi connectivity index (χ4n) is 3.05. The summed E-state index contributed by atoms with van der Waals surface area (Å²) >= 11 is 3.42. The van der Waals surface area contributed by atoms with Crippen molar-refractivity contribution in [2.45, 2.75) is 0 Å². The fourth-order valence-corrected chi connectivity index (χ4v) is 3.50. The molecule has 0 radical (unpaired) electrons. The van der Waals surface area contributed by atoms with Gasteiger partial charge in [0, 0.05) is 27.4 Å². The van der Waals surface area contributed by atoms with Gasteiger partial charge in [0.25, 0.3) is 11.6 Å². The number of fused-ring (bicyclic) bond motifs is 3. The van der Waals surface area contributed by atoms with Crippen LogP contribution in [0.25, 0.3) is 21.8 Å². The van der Waals surface area contributed by atoms with Crippen molar-refractivity contribution in [2.24, 2.45) is 0 Å². The molecule has 4 rings (SSSR count). The molecular weight excluding hydrogens is 384 g/mol. The largest absolute Gasteiger partial charge is 0.276 e. The van der Waals surface area contributed by atoms with Gasteiger partial charge < -0.3 is 0 Å². The normalized spacial score (nSPS) is 11.1. The molecule has 6 heteroatoms. The molecule has 1 aromatic heterocycles. The van der Waals surface area contributed by atoms with Crippen LogP contribution < -0.4 is 0 Å². The minimum Gasteiger partial charge on any atom is -0.276 e. The second kappa shape index (κ2) is 5.82. The number of hydrogen-bond acceptors (Lipinski definition) is 3. The highest BCUT2D eigenvalue weighted by molar-refractivity contribution is 9.10. The number of nitro groups is 1. The van der Waals surface area contributed by atoms with E-state index in [1.165, 1.54) is 12.1 Å². The van der Waals surface area contributed by atoms with Gasteiger partial charge in [-0.15, -0.1) is 0 Å². The number of hydrogen-bond donors (Lipinski definition) is 0. The quantitative estimate of drug-likeness (QED) is 0.348. The Bertz CT molecular complexity index is 1160. The van der Waals surface area contributed by atoms with Crippen molar-refractivity contribution in [2.75, 3.05) is 0 Å². The molecule has 0 saturated carbocycles. The lowest BCUT2D eigenvalue weighted by molar-refractivity contribution is -0.384. The van der Waals surface area contributed by atoms with Crippen LogP contribution in [0.3, 0.4) is 0 Å². The topological polar surface area (TPSA) is 65.1 Å². The third-order valence-corrected chi connectivity index (χ3v) is 4.87. The molecule has 0 fully saturated rings. The van der Waals surface area contributed by atoms with Crippen LogP contribution in [0.4, 0.5) is 5.69 Å². The average molecular weight is 395 g/mol. The minimum absolute atomic E-state index is 0.00347. The zero-order chi connectivity index (χ0) is 17.6. The molecule has 122 valence electrons. The summed E-state index contributed by atoms with van der Waals surface area (Å²) < 4.78 is 2.31. The maximum atomic E-state index is 13.2. The molecule has 0 amide bonds. The Morgan fingerprint density at radius 3 is 2.36 bits per heavy atom. The average Bonchev–Trinajstić information content (AvgIpc) is 2.95. The van der Waals surface area contributed by atoms with E-state index in [1.807, 2.05) is 36.4 Å². The smallest absolute Gasteiger partial charge is 0.270 e. The van der Waals surface area contributed by atoms with E-state index in [0.29, 0.717) is 20.9 Å². The van der Waals surface area contributed by atoms with Gasteiger partial charge in [0.15, 0.2) is 0 Å². The van der Waals surface area contributed by atoms with E-state index < -0.39 is 4.92 Å². The number of halogens is 1. The van der Waals surface area contributed by atoms with Gasteiger partial charge in [-0.2, -0.15) is 0 Å². The molecule has 0 aliphatic rings. The first kappa shape index (κ1) is 15.5. The van der Waals surface area contributed by atoms with Gasteiger partial charge in [-0.05, 0) is 40.2 Å². The standard InChI is InChI=1S/C19H11BrN2O3/c20-16-7-3-1-6-14(16)19(23)21-17-8-4-2-5-13(17)15-11-12(22(24)25)9-10-18(15)21/h1-11H. The first-order valence-corrected chi connectivity index (χ1v) is 8.34. The molecule has 0 atom stereocenters. The van der Waals surface area contributed by atoms with Gasteiger partial charge in [0.1, 0.15) is 0 Å². The fraction of sp³-hybridized carbons (Fsp3) is 0. The molecule has 0 aliphatic heterocycles. The molecule has 0 unspecified atom stereocenters. The summed E-state index contributed by atoms with van der Waals surface area (Å²) in [7, 11) is 0. The Kier molecular flexibility index (Phi) is 3.62. The lowest BCUT2D eigenvalue weighted by atomic mass is 10.1. The molecule has 0 aliphatic carbocycles. The van der Waals surface area contributed by atoms with E-state index in [0.717, 1.165) is 10.9 Å². The van der Waals surface area contributed by atoms with Crippen molar-refractivity contribution >= 4 is 49.3 Å². The van der Waals surface area contributed by atoms with E-state index in [2.05, 4.69) is 15.9 Å². The van der Waals surface area contributed by atoms with Gasteiger partial charge in [-0.3, -0.25) is 19.5 Å². The van der Waals surface area contributed by atoms with Crippen molar-refractivity contribution in [3.05, 3.63) is 86.9 Å². The highest BCUT2D eigenvalue weighted by Gasteiger charge is 2.20. The van der Waals surface area contributed by atoms with E-state index in [1.54, 1.807) is 22.8 Å². The number of non-ortho nitro benzene ring substituents is 1. The lowest BCUT2D eigenvalue weighted by Gasteiger charge is -2.07. The molecule has 25 heavy (non-hydrogen) atoms. The van der Waals surface area contributed by atoms with Crippen LogP contribution in [0.15, 0.2) is 71.2 Å². The number of nitrogens with zero attached hydrogens (tertiary/aromatic N) is 2. The first-order valence-electron chi connectivity index (χ1n) is 7.55. The summed E-state index contributed by atoms with van der Waals surface area (Å²) in [6.07, 6.45) is 0. The van der Waals surface area contributed by atoms with Gasteiger partial charge in [0.2, 0.25) is 0 Å². The second-order valence-corrected chi connectivity index (χ2v) is 6.45. The van der Waals surface area contributed by atoms with Crippen molar-refractivity contribution in [1.82, 2.24) is 4.57 Å². The molecule has 3 aromatic carbocycles. The molecule has 0 N–H and O–H groups in total. The van der Waals surface area contributed by atoms with Gasteiger partial charge in [-0.25, -0.2) is 0 Å². The molecular formula is C19H11BrN2O3. The number of benzene rings is 3. The second-order valence-electron chi connectivity index (χ2n) is 5.60. The Morgan fingerprint density at radius 2 is 1.60 bits per heavy atom. The maximum Gasteiger partial charge on any atom is 0.270 e. The number of carbonyl (C=O) groups is 1. The van der Waals surface area contributed by atoms with Crippen LogP contribution in [0.5, 0.6) is 0 Å². The number of nitro benzene ring substituents is 1. The number of aromatic nitrogens is 1. The predicted molar refractivity (Wildman–Crippen MR) is 100.0 cm³/mol. The van der Waals surface area contributed by atoms with Crippen molar-refractivity contribution in [3.63, 3.8) is 0 Å². The summed E-state index contributed by atoms with van der Waals surface area (Å²) in [5, 5.41) is 12.6. The summed E-state index contributed by atoms with van der Waals surface area (Å²) in [5.41, 5.74) is 1.90. The Hall–Kier alpha value is -2.99. The zero-order valence-corrected chi connectivity index (χ0v) is 14.4. The highest BCUT2D eigenvalue weighted by atomic mass is 79.9. The minimum atomic E-state index is -0.429. The molecule has 4 aromatic rings. The van der Waals surface area contributed by atoms with Crippen LogP contribution in [0, 0.1) is 10.1 Å². The van der Waals surface area contributed by atoms with Gasteiger partial charge >= 0.3 is 0 Å². The number of carbonyl (C=O) groups excluding carboxylic acids is 1. The molecule has 0 bridgehead atoms. The van der Waals surface area contributed by atoms with Crippen LogP contribution in [0.1, 0.15) is 10.4 Å². The highest BCUT2D eigenvalue weighted by Crippen LogP contribution is 2.33. The first-order chi connectivity index (χ1) is 12.1. The van der Waals surface area contributed by atoms with Gasteiger partial charge in [0.05, 0.1) is 21.5 Å². The monoisotopic (exact) mass is 394 g/mol. The SMILES string of the molecule is O=C(c1ccccc1Br)n1c2ccccc2c2cc([N+](=O)[O-])ccc21. The van der Waals surface area contributed by atoms with Crippen LogP contribution in [-0.2, 0) is 0 Å². The van der Waals surface area contributed by atoms with E-state index >= 15 is 0 Å². The Morgan fingerprint density at radius 1 is 0.920 bits per heavy atom. The van der Waals surface area contributed by atoms with Crippen molar-refractivity contribution in [3.8, 4) is 0 Å². The maximum absolute atomic E-state index is 13.2. The van der Waals surface area contributed by atoms with E-state index in [9.17, 15) is 14.9 Å². The van der Waals surface area contributed by atoms with Crippen LogP contribution >= 0.6 is 15.9 Å². The Labute approximate surface area is 150 Å². The zero-order valence-electron chi connectivity index (χ0n) is 12.8. The van der Waals surface area contributed by atoms with E-state index in [4.69, 9.17) is 0 Å². The van der Waals surface area contributed by atoms with E-state index in [-0.39, 0.29) is 11.6 Å². The van der Waals surface area contributed by atoms with Crippen LogP contribution in [-0.4, -0.2) is 15.4 Å². The lowest BCUT2D eigenvalue weighted by Crippen LogP contribution is -2.12. The summed E-state index contributed by atoms with van der Waals surface area (Å²) in [6.45, 7) is 0. The number of para-hydroxylation sites is 1. The third-order valence-electron chi connectivity index (χ3n) is 4.17. The summed E-state index contributed by atoms with van der Waals surface area (Å²) in [6, 6.07) is 19.2. The van der Waals surface area contributed by atoms with Crippen LogP contribution in [0.2, 0.25) is 0 Å². The molecule has 5 nitrogen and oxygen atoms in total. The van der Waals surface area contributed by atoms with Crippen molar-refractivity contribution in [1.29, 1.82) is 0 Å². The molecule has 1 heterocycles. The summed E-state index contributed by atoms with van der Waals surface area (Å²) in [4.78, 5) is 23.9. The molecule has 0 saturated heterocycles. The summed E-state index contributed by atoms with van der Waals surface area (Å²) in [5.74, 6) is -0.187. The van der Waals surface area contributed by atoms with Crippen molar-refractivity contribution < 1.29 is 9.72 Å². The predicted octanol–water partition coefficient (Wildman–Crippen LogP) is 5.15. The Balaban J connectivity index is 2.07.